The largest absolute Gasteiger partial charge is 0.542 e. The molecule has 0 aromatic rings. The van der Waals surface area contributed by atoms with Gasteiger partial charge >= 0.3 is 23.5 Å². The Hall–Kier alpha value is 0.370. The highest BCUT2D eigenvalue weighted by molar-refractivity contribution is 7.67. The van der Waals surface area contributed by atoms with E-state index in [-0.39, 0.29) is 0 Å². The molecule has 3 N–H and O–H groups in total. The second kappa shape index (κ2) is 3.75. The van der Waals surface area contributed by atoms with Crippen molar-refractivity contribution in [3.63, 3.8) is 0 Å². The lowest BCUT2D eigenvalue weighted by molar-refractivity contribution is -0.496. The fourth-order valence-corrected chi connectivity index (χ4v) is 3.23. The Balaban J connectivity index is 2.63. The number of hydrogen-bond donors (Lipinski definition) is 3. The van der Waals surface area contributed by atoms with Crippen LogP contribution in [0.4, 0.5) is 0 Å². The molecular formula is H3O11P3. The summed E-state index contributed by atoms with van der Waals surface area (Å²) in [5, 5.41) is 3.44. The monoisotopic (exact) mass is 272 g/mol. The number of rotatable bonds is 4. The van der Waals surface area contributed by atoms with E-state index in [1.54, 1.807) is 0 Å². The summed E-state index contributed by atoms with van der Waals surface area (Å²) in [6, 6.07) is 0. The Bertz CT molecular complexity index is 338. The summed E-state index contributed by atoms with van der Waals surface area (Å²) in [5.74, 6) is 0. The zero-order valence-electron chi connectivity index (χ0n) is 5.95. The van der Waals surface area contributed by atoms with Gasteiger partial charge in [0.1, 0.15) is 0 Å². The van der Waals surface area contributed by atoms with Crippen LogP contribution < -0.4 is 0 Å². The van der Waals surface area contributed by atoms with E-state index in [0.717, 1.165) is 0 Å². The summed E-state index contributed by atoms with van der Waals surface area (Å²) < 4.78 is 45.6. The minimum atomic E-state index is -5.27. The third kappa shape index (κ3) is 3.85. The van der Waals surface area contributed by atoms with Crippen molar-refractivity contribution in [2.75, 3.05) is 0 Å². The van der Waals surface area contributed by atoms with Gasteiger partial charge in [-0.2, -0.15) is 8.62 Å². The molecule has 1 unspecified atom stereocenters. The lowest BCUT2D eigenvalue weighted by atomic mass is 14.5. The maximum atomic E-state index is 10.7. The van der Waals surface area contributed by atoms with Crippen LogP contribution in [0.5, 0.6) is 0 Å². The van der Waals surface area contributed by atoms with Crippen molar-refractivity contribution < 1.29 is 51.4 Å². The van der Waals surface area contributed by atoms with Gasteiger partial charge in [-0.15, -0.1) is 0 Å². The summed E-state index contributed by atoms with van der Waals surface area (Å²) in [7, 11) is -14.9. The highest BCUT2D eigenvalue weighted by Crippen LogP contribution is 2.71. The van der Waals surface area contributed by atoms with E-state index in [9.17, 15) is 13.7 Å². The first kappa shape index (κ1) is 12.4. The highest BCUT2D eigenvalue weighted by atomic mass is 31.3. The van der Waals surface area contributed by atoms with Crippen LogP contribution in [-0.4, -0.2) is 14.7 Å². The highest BCUT2D eigenvalue weighted by Gasteiger charge is 2.50. The zero-order chi connectivity index (χ0) is 11.0. The second-order valence-electron chi connectivity index (χ2n) is 1.79. The molecule has 1 aliphatic heterocycles. The van der Waals surface area contributed by atoms with Gasteiger partial charge in [-0.1, -0.05) is 9.35 Å². The van der Waals surface area contributed by atoms with Crippen LogP contribution in [0.3, 0.4) is 0 Å². The predicted molar refractivity (Wildman–Crippen MR) is 34.9 cm³/mol. The molecule has 1 rings (SSSR count). The van der Waals surface area contributed by atoms with Crippen LogP contribution in [0, 0.1) is 0 Å². The lowest BCUT2D eigenvalue weighted by Gasteiger charge is -2.21. The van der Waals surface area contributed by atoms with Gasteiger partial charge in [-0.05, 0) is 5.04 Å². The van der Waals surface area contributed by atoms with E-state index in [1.807, 2.05) is 0 Å². The fourth-order valence-electron chi connectivity index (χ4n) is 0.383. The van der Waals surface area contributed by atoms with Crippen molar-refractivity contribution in [2.45, 2.75) is 0 Å². The number of phosphoric acid groups is 3. The molecule has 0 aliphatic carbocycles. The molecule has 1 heterocycles. The molecular weight excluding hydrogens is 269 g/mol. The van der Waals surface area contributed by atoms with Crippen LogP contribution >= 0.6 is 23.5 Å². The van der Waals surface area contributed by atoms with Crippen molar-refractivity contribution in [2.24, 2.45) is 0 Å². The average Bonchev–Trinajstić information content (AvgIpc) is 1.76. The van der Waals surface area contributed by atoms with E-state index in [1.165, 1.54) is 0 Å². The maximum Gasteiger partial charge on any atom is 0.542 e. The molecule has 0 aromatic heterocycles. The van der Waals surface area contributed by atoms with Gasteiger partial charge in [0.2, 0.25) is 0 Å². The van der Waals surface area contributed by atoms with Gasteiger partial charge in [0.25, 0.3) is 0 Å². The van der Waals surface area contributed by atoms with Gasteiger partial charge in [0, 0.05) is 0 Å². The summed E-state index contributed by atoms with van der Waals surface area (Å²) >= 11 is 0. The van der Waals surface area contributed by atoms with E-state index in [0.29, 0.717) is 0 Å². The molecule has 14 heteroatoms. The Morgan fingerprint density at radius 2 is 1.64 bits per heavy atom. The summed E-state index contributed by atoms with van der Waals surface area (Å²) in [5.41, 5.74) is 0. The van der Waals surface area contributed by atoms with E-state index >= 15 is 0 Å². The molecule has 1 fully saturated rings. The molecule has 1 saturated heterocycles. The van der Waals surface area contributed by atoms with Gasteiger partial charge in [-0.25, -0.2) is 13.7 Å². The number of hydrogen-bond acceptors (Lipinski definition) is 8. The standard InChI is InChI=1S/H3O11P3/c1-12(2,3)10-13(4,5)11-14(6)8-7-9-14/h(H,4,5)(H2,1,2,3). The molecule has 84 valence electrons. The van der Waals surface area contributed by atoms with Gasteiger partial charge in [0.05, 0.1) is 0 Å². The molecule has 11 nitrogen and oxygen atoms in total. The maximum absolute atomic E-state index is 10.7. The molecule has 1 aliphatic rings. The minimum Gasteiger partial charge on any atom is -0.302 e. The van der Waals surface area contributed by atoms with Crippen LogP contribution in [0.15, 0.2) is 0 Å². The van der Waals surface area contributed by atoms with Gasteiger partial charge in [-0.3, -0.25) is 0 Å². The van der Waals surface area contributed by atoms with Crippen molar-refractivity contribution in [1.82, 2.24) is 0 Å². The molecule has 0 bridgehead atoms. The normalized spacial score (nSPS) is 25.1. The van der Waals surface area contributed by atoms with E-state index < -0.39 is 23.5 Å². The van der Waals surface area contributed by atoms with Crippen molar-refractivity contribution in [3.8, 4) is 0 Å². The molecule has 0 radical (unpaired) electrons. The van der Waals surface area contributed by atoms with Crippen LogP contribution in [0.25, 0.3) is 0 Å². The first-order valence-corrected chi connectivity index (χ1v) is 7.06. The van der Waals surface area contributed by atoms with Crippen LogP contribution in [-0.2, 0) is 36.7 Å². The lowest BCUT2D eigenvalue weighted by Crippen LogP contribution is -2.09. The fraction of sp³-hybridized carbons (Fsp3) is 0. The molecule has 0 spiro atoms. The third-order valence-electron chi connectivity index (χ3n) is 0.656. The Morgan fingerprint density at radius 3 is 1.93 bits per heavy atom. The minimum absolute atomic E-state index is 3.26. The smallest absolute Gasteiger partial charge is 0.302 e. The van der Waals surface area contributed by atoms with Crippen molar-refractivity contribution in [3.05, 3.63) is 0 Å². The molecule has 0 amide bonds. The molecule has 0 saturated carbocycles. The van der Waals surface area contributed by atoms with Crippen LogP contribution in [0.2, 0.25) is 0 Å². The van der Waals surface area contributed by atoms with E-state index in [4.69, 9.17) is 14.7 Å². The topological polar surface area (TPSA) is 158 Å². The van der Waals surface area contributed by atoms with E-state index in [2.05, 4.69) is 23.0 Å². The van der Waals surface area contributed by atoms with Crippen molar-refractivity contribution >= 4 is 23.5 Å². The Kier molecular flexibility index (Phi) is 3.33. The molecule has 14 heavy (non-hydrogen) atoms. The van der Waals surface area contributed by atoms with Crippen LogP contribution in [0.1, 0.15) is 0 Å². The van der Waals surface area contributed by atoms with Crippen molar-refractivity contribution in [1.29, 1.82) is 0 Å². The molecule has 1 atom stereocenters. The van der Waals surface area contributed by atoms with Gasteiger partial charge < -0.3 is 14.7 Å². The van der Waals surface area contributed by atoms with Gasteiger partial charge in [0.15, 0.2) is 0 Å². The Labute approximate surface area is 75.8 Å². The predicted octanol–water partition coefficient (Wildman–Crippen LogP) is 0.214. The quantitative estimate of drug-likeness (QED) is 0.474. The third-order valence-corrected chi connectivity index (χ3v) is 4.44. The summed E-state index contributed by atoms with van der Waals surface area (Å²) in [6.45, 7) is 0. The summed E-state index contributed by atoms with van der Waals surface area (Å²) in [6.07, 6.45) is 0. The second-order valence-corrected chi connectivity index (χ2v) is 6.20. The molecule has 0 aromatic carbocycles. The Morgan fingerprint density at radius 1 is 1.14 bits per heavy atom. The first-order valence-electron chi connectivity index (χ1n) is 2.58. The first-order chi connectivity index (χ1) is 6.12. The SMILES string of the molecule is O=P(O)(O)OP(=O)(O)OP1(=O)OOO1. The average molecular weight is 272 g/mol. The zero-order valence-corrected chi connectivity index (χ0v) is 8.63. The summed E-state index contributed by atoms with van der Waals surface area (Å²) in [4.78, 5) is 24.8.